The summed E-state index contributed by atoms with van der Waals surface area (Å²) in [6.45, 7) is 6.15. The molecule has 2 heterocycles. The molecule has 3 fully saturated rings. The summed E-state index contributed by atoms with van der Waals surface area (Å²) in [6.07, 6.45) is 8.28. The molecule has 1 N–H and O–H groups in total. The van der Waals surface area contributed by atoms with Crippen LogP contribution in [0.4, 0.5) is 0 Å². The highest BCUT2D eigenvalue weighted by atomic mass is 35.5. The highest BCUT2D eigenvalue weighted by Gasteiger charge is 2.37. The first-order valence-corrected chi connectivity index (χ1v) is 14.6. The molecule has 202 valence electrons. The van der Waals surface area contributed by atoms with Crippen molar-refractivity contribution in [2.45, 2.75) is 63.5 Å². The normalized spacial score (nSPS) is 24.6. The quantitative estimate of drug-likeness (QED) is 0.420. The lowest BCUT2D eigenvalue weighted by atomic mass is 9.92. The van der Waals surface area contributed by atoms with E-state index in [-0.39, 0.29) is 29.9 Å². The zero-order chi connectivity index (χ0) is 26.8. The first-order chi connectivity index (χ1) is 18.3. The van der Waals surface area contributed by atoms with Gasteiger partial charge in [-0.3, -0.25) is 9.59 Å². The molecule has 1 atom stereocenters. The van der Waals surface area contributed by atoms with Crippen LogP contribution in [0, 0.1) is 11.8 Å². The minimum absolute atomic E-state index is 0.0603. The van der Waals surface area contributed by atoms with E-state index in [1.807, 2.05) is 52.3 Å². The minimum Gasteiger partial charge on any atom is -0.393 e. The summed E-state index contributed by atoms with van der Waals surface area (Å²) in [5, 5.41) is 10.9. The summed E-state index contributed by atoms with van der Waals surface area (Å²) in [6, 6.07) is 11.6. The van der Waals surface area contributed by atoms with Crippen molar-refractivity contribution < 1.29 is 14.7 Å². The number of piperidine rings is 1. The molecule has 38 heavy (non-hydrogen) atoms. The Morgan fingerprint density at radius 1 is 0.921 bits per heavy atom. The van der Waals surface area contributed by atoms with Crippen molar-refractivity contribution in [2.24, 2.45) is 11.8 Å². The molecular formula is C31H36Cl2N2O3. The van der Waals surface area contributed by atoms with Gasteiger partial charge in [0.05, 0.1) is 6.10 Å². The van der Waals surface area contributed by atoms with Crippen molar-refractivity contribution >= 4 is 35.0 Å². The molecule has 3 aliphatic rings. The van der Waals surface area contributed by atoms with Crippen molar-refractivity contribution in [1.82, 2.24) is 9.80 Å². The van der Waals surface area contributed by atoms with Gasteiger partial charge < -0.3 is 14.9 Å². The number of carbonyl (C=O) groups excluding carboxylic acids is 2. The Bertz CT molecular complexity index is 1160. The number of allylic oxidation sites excluding steroid dienone is 1. The Morgan fingerprint density at radius 3 is 2.16 bits per heavy atom. The fraction of sp³-hybridized carbons (Fsp3) is 0.484. The molecule has 0 spiro atoms. The standard InChI is InChI=1S/C31H36Cl2N2O3/c1-2-20-11-14-34(15-12-20)30(37)22-5-3-21(4-6-22)24-18-28(32)27(29(33)19-24)17-23-13-16-35(31(23)38)25-7-9-26(36)10-8-25/h2-6,18-20,23,25-26,36H,1,7-17H2/t23-,25?,26?/m0/s1. The number of hydrogen-bond donors (Lipinski definition) is 1. The number of benzene rings is 2. The Labute approximate surface area is 235 Å². The van der Waals surface area contributed by atoms with E-state index in [0.29, 0.717) is 27.9 Å². The molecule has 0 aromatic heterocycles. The van der Waals surface area contributed by atoms with E-state index < -0.39 is 0 Å². The van der Waals surface area contributed by atoms with Gasteiger partial charge in [0.2, 0.25) is 5.91 Å². The van der Waals surface area contributed by atoms with Crippen LogP contribution in [0.1, 0.15) is 60.9 Å². The van der Waals surface area contributed by atoms with E-state index in [9.17, 15) is 14.7 Å². The monoisotopic (exact) mass is 554 g/mol. The Hall–Kier alpha value is -2.34. The van der Waals surface area contributed by atoms with Gasteiger partial charge in [0.15, 0.2) is 0 Å². The maximum absolute atomic E-state index is 13.2. The van der Waals surface area contributed by atoms with Crippen LogP contribution in [0.3, 0.4) is 0 Å². The maximum Gasteiger partial charge on any atom is 0.253 e. The number of aliphatic hydroxyl groups is 1. The number of aliphatic hydroxyl groups excluding tert-OH is 1. The van der Waals surface area contributed by atoms with Gasteiger partial charge in [-0.15, -0.1) is 6.58 Å². The second-order valence-electron chi connectivity index (χ2n) is 11.0. The summed E-state index contributed by atoms with van der Waals surface area (Å²) < 4.78 is 0. The zero-order valence-electron chi connectivity index (χ0n) is 21.8. The Balaban J connectivity index is 1.24. The summed E-state index contributed by atoms with van der Waals surface area (Å²) >= 11 is 13.4. The van der Waals surface area contributed by atoms with E-state index in [1.54, 1.807) is 0 Å². The van der Waals surface area contributed by atoms with Crippen molar-refractivity contribution in [3.8, 4) is 11.1 Å². The van der Waals surface area contributed by atoms with Crippen LogP contribution in [0.25, 0.3) is 11.1 Å². The van der Waals surface area contributed by atoms with Crippen molar-refractivity contribution in [1.29, 1.82) is 0 Å². The van der Waals surface area contributed by atoms with Crippen LogP contribution < -0.4 is 0 Å². The van der Waals surface area contributed by atoms with Crippen LogP contribution in [0.15, 0.2) is 49.1 Å². The van der Waals surface area contributed by atoms with Gasteiger partial charge in [0.1, 0.15) is 0 Å². The molecule has 0 unspecified atom stereocenters. The first kappa shape index (κ1) is 27.2. The molecule has 5 rings (SSSR count). The van der Waals surface area contributed by atoms with Gasteiger partial charge in [-0.25, -0.2) is 0 Å². The highest BCUT2D eigenvalue weighted by Crippen LogP contribution is 2.37. The lowest BCUT2D eigenvalue weighted by molar-refractivity contribution is -0.133. The molecule has 2 amide bonds. The minimum atomic E-state index is -0.229. The summed E-state index contributed by atoms with van der Waals surface area (Å²) in [5.74, 6) is 0.614. The predicted octanol–water partition coefficient (Wildman–Crippen LogP) is 6.39. The summed E-state index contributed by atoms with van der Waals surface area (Å²) in [5.41, 5.74) is 3.31. The van der Waals surface area contributed by atoms with Crippen LogP contribution in [-0.2, 0) is 11.2 Å². The van der Waals surface area contributed by atoms with Gasteiger partial charge in [-0.2, -0.15) is 0 Å². The average Bonchev–Trinajstić information content (AvgIpc) is 3.30. The van der Waals surface area contributed by atoms with Crippen LogP contribution in [-0.4, -0.2) is 58.5 Å². The Morgan fingerprint density at radius 2 is 1.55 bits per heavy atom. The number of nitrogens with zero attached hydrogens (tertiary/aromatic N) is 2. The molecule has 0 bridgehead atoms. The molecule has 7 heteroatoms. The predicted molar refractivity (Wildman–Crippen MR) is 153 cm³/mol. The first-order valence-electron chi connectivity index (χ1n) is 13.8. The van der Waals surface area contributed by atoms with E-state index in [0.717, 1.165) is 81.3 Å². The molecular weight excluding hydrogens is 519 g/mol. The lowest BCUT2D eigenvalue weighted by Crippen LogP contribution is -2.41. The van der Waals surface area contributed by atoms with Gasteiger partial charge in [-0.05, 0) is 98.2 Å². The molecule has 0 radical (unpaired) electrons. The third-order valence-corrected chi connectivity index (χ3v) is 9.35. The van der Waals surface area contributed by atoms with E-state index in [2.05, 4.69) is 6.58 Å². The molecule has 2 saturated heterocycles. The van der Waals surface area contributed by atoms with Crippen LogP contribution in [0.2, 0.25) is 10.0 Å². The number of halogens is 2. The highest BCUT2D eigenvalue weighted by molar-refractivity contribution is 6.36. The largest absolute Gasteiger partial charge is 0.393 e. The second-order valence-corrected chi connectivity index (χ2v) is 11.9. The molecule has 2 aliphatic heterocycles. The van der Waals surface area contributed by atoms with Crippen molar-refractivity contribution in [2.75, 3.05) is 19.6 Å². The summed E-state index contributed by atoms with van der Waals surface area (Å²) in [7, 11) is 0. The molecule has 5 nitrogen and oxygen atoms in total. The number of hydrogen-bond acceptors (Lipinski definition) is 3. The number of rotatable bonds is 6. The molecule has 2 aromatic rings. The van der Waals surface area contributed by atoms with Gasteiger partial charge >= 0.3 is 0 Å². The van der Waals surface area contributed by atoms with Gasteiger partial charge in [-0.1, -0.05) is 41.4 Å². The van der Waals surface area contributed by atoms with E-state index in [4.69, 9.17) is 23.2 Å². The van der Waals surface area contributed by atoms with E-state index in [1.165, 1.54) is 0 Å². The second kappa shape index (κ2) is 11.8. The van der Waals surface area contributed by atoms with Crippen molar-refractivity contribution in [3.05, 3.63) is 70.2 Å². The van der Waals surface area contributed by atoms with Crippen LogP contribution >= 0.6 is 23.2 Å². The maximum atomic E-state index is 13.2. The molecule has 2 aromatic carbocycles. The molecule has 1 aliphatic carbocycles. The van der Waals surface area contributed by atoms with Gasteiger partial charge in [0.25, 0.3) is 5.91 Å². The Kier molecular flexibility index (Phi) is 8.47. The SMILES string of the molecule is C=CC1CCN(C(=O)c2ccc(-c3cc(Cl)c(C[C@@H]4CCN(C5CCC(O)CC5)C4=O)c(Cl)c3)cc2)CC1. The smallest absolute Gasteiger partial charge is 0.253 e. The average molecular weight is 556 g/mol. The third-order valence-electron chi connectivity index (χ3n) is 8.67. The number of amides is 2. The molecule has 1 saturated carbocycles. The number of carbonyl (C=O) groups is 2. The summed E-state index contributed by atoms with van der Waals surface area (Å²) in [4.78, 5) is 30.0. The van der Waals surface area contributed by atoms with E-state index >= 15 is 0 Å². The third kappa shape index (κ3) is 5.80. The topological polar surface area (TPSA) is 60.9 Å². The fourth-order valence-electron chi connectivity index (χ4n) is 6.22. The zero-order valence-corrected chi connectivity index (χ0v) is 23.3. The van der Waals surface area contributed by atoms with Gasteiger partial charge in [0, 0.05) is 47.2 Å². The van der Waals surface area contributed by atoms with Crippen LogP contribution in [0.5, 0.6) is 0 Å². The number of likely N-dealkylation sites (tertiary alicyclic amines) is 2. The van der Waals surface area contributed by atoms with Crippen molar-refractivity contribution in [3.63, 3.8) is 0 Å². The lowest BCUT2D eigenvalue weighted by Gasteiger charge is -2.33. The fourth-order valence-corrected chi connectivity index (χ4v) is 6.86.